The summed E-state index contributed by atoms with van der Waals surface area (Å²) in [5.41, 5.74) is 0.674. The summed E-state index contributed by atoms with van der Waals surface area (Å²) >= 11 is 1.61. The third kappa shape index (κ3) is 5.72. The van der Waals surface area contributed by atoms with Gasteiger partial charge in [0.15, 0.2) is 11.5 Å². The summed E-state index contributed by atoms with van der Waals surface area (Å²) in [6.45, 7) is 11.2. The number of benzene rings is 1. The van der Waals surface area contributed by atoms with Gasteiger partial charge in [0.25, 0.3) is 0 Å². The van der Waals surface area contributed by atoms with E-state index in [1.807, 2.05) is 57.7 Å². The predicted molar refractivity (Wildman–Crippen MR) is 117 cm³/mol. The molecular formula is C21H33N3O4S. The number of carbonyl (C=O) groups excluding carboxylic acids is 2. The average molecular weight is 424 g/mol. The lowest BCUT2D eigenvalue weighted by Crippen LogP contribution is -2.50. The fraction of sp³-hybridized carbons (Fsp3) is 0.619. The van der Waals surface area contributed by atoms with Crippen LogP contribution in [0.5, 0.6) is 11.5 Å². The summed E-state index contributed by atoms with van der Waals surface area (Å²) in [5, 5.41) is 2.73. The van der Waals surface area contributed by atoms with Crippen LogP contribution in [-0.2, 0) is 4.79 Å². The van der Waals surface area contributed by atoms with Crippen molar-refractivity contribution in [1.29, 1.82) is 0 Å². The van der Waals surface area contributed by atoms with Crippen LogP contribution in [0.25, 0.3) is 0 Å². The third-order valence-corrected chi connectivity index (χ3v) is 6.10. The Labute approximate surface area is 178 Å². The van der Waals surface area contributed by atoms with Gasteiger partial charge in [0.05, 0.1) is 19.5 Å². The van der Waals surface area contributed by atoms with Gasteiger partial charge >= 0.3 is 6.03 Å². The van der Waals surface area contributed by atoms with Crippen molar-refractivity contribution in [2.24, 2.45) is 0 Å². The lowest BCUT2D eigenvalue weighted by atomic mass is 10.1. The zero-order valence-electron chi connectivity index (χ0n) is 18.4. The molecule has 2 atom stereocenters. The summed E-state index contributed by atoms with van der Waals surface area (Å²) in [4.78, 5) is 28.9. The van der Waals surface area contributed by atoms with Crippen molar-refractivity contribution in [3.05, 3.63) is 23.8 Å². The highest BCUT2D eigenvalue weighted by atomic mass is 32.2. The van der Waals surface area contributed by atoms with E-state index in [1.54, 1.807) is 30.9 Å². The van der Waals surface area contributed by atoms with Crippen LogP contribution in [-0.4, -0.2) is 66.4 Å². The summed E-state index contributed by atoms with van der Waals surface area (Å²) in [5.74, 6) is 1.38. The van der Waals surface area contributed by atoms with Crippen LogP contribution < -0.4 is 14.8 Å². The number of methoxy groups -OCH3 is 2. The Bertz CT molecular complexity index is 735. The van der Waals surface area contributed by atoms with E-state index < -0.39 is 0 Å². The number of nitrogens with one attached hydrogen (secondary N) is 1. The molecule has 7 nitrogen and oxygen atoms in total. The molecule has 0 spiro atoms. The van der Waals surface area contributed by atoms with Gasteiger partial charge in [-0.15, -0.1) is 11.8 Å². The minimum atomic E-state index is -0.305. The number of likely N-dealkylation sites (N-methyl/N-ethyl adjacent to an activating group) is 1. The fourth-order valence-corrected chi connectivity index (χ4v) is 4.50. The van der Waals surface area contributed by atoms with Gasteiger partial charge in [0, 0.05) is 25.2 Å². The van der Waals surface area contributed by atoms with Gasteiger partial charge in [-0.05, 0) is 52.3 Å². The molecule has 1 aliphatic heterocycles. The van der Waals surface area contributed by atoms with Gasteiger partial charge in [0.2, 0.25) is 5.91 Å². The van der Waals surface area contributed by atoms with Gasteiger partial charge in [-0.1, -0.05) is 6.07 Å². The second-order valence-corrected chi connectivity index (χ2v) is 9.46. The van der Waals surface area contributed by atoms with E-state index in [-0.39, 0.29) is 28.1 Å². The van der Waals surface area contributed by atoms with E-state index in [0.29, 0.717) is 31.1 Å². The quantitative estimate of drug-likeness (QED) is 0.727. The molecule has 1 heterocycles. The van der Waals surface area contributed by atoms with Gasteiger partial charge in [0.1, 0.15) is 5.37 Å². The van der Waals surface area contributed by atoms with Gasteiger partial charge in [-0.25, -0.2) is 4.79 Å². The molecule has 0 aliphatic carbocycles. The van der Waals surface area contributed by atoms with Crippen molar-refractivity contribution in [2.75, 3.05) is 33.9 Å². The third-order valence-electron chi connectivity index (χ3n) is 4.70. The van der Waals surface area contributed by atoms with Crippen LogP contribution in [0.4, 0.5) is 4.79 Å². The Kier molecular flexibility index (Phi) is 7.68. The maximum Gasteiger partial charge on any atom is 0.317 e. The van der Waals surface area contributed by atoms with E-state index in [1.165, 1.54) is 0 Å². The number of rotatable bonds is 7. The van der Waals surface area contributed by atoms with Crippen molar-refractivity contribution in [3.63, 3.8) is 0 Å². The van der Waals surface area contributed by atoms with Crippen LogP contribution in [0.2, 0.25) is 0 Å². The van der Waals surface area contributed by atoms with Crippen molar-refractivity contribution >= 4 is 23.7 Å². The highest BCUT2D eigenvalue weighted by Gasteiger charge is 2.39. The van der Waals surface area contributed by atoms with E-state index in [0.717, 1.165) is 5.56 Å². The molecular weight excluding hydrogens is 390 g/mol. The second-order valence-electron chi connectivity index (χ2n) is 8.04. The molecule has 1 aromatic carbocycles. The minimum Gasteiger partial charge on any atom is -0.493 e. The van der Waals surface area contributed by atoms with Gasteiger partial charge < -0.3 is 24.6 Å². The molecule has 8 heteroatoms. The Hall–Kier alpha value is -2.09. The minimum absolute atomic E-state index is 0.0852. The van der Waals surface area contributed by atoms with E-state index in [9.17, 15) is 9.59 Å². The lowest BCUT2D eigenvalue weighted by Gasteiger charge is -2.30. The molecule has 1 saturated heterocycles. The Balaban J connectivity index is 2.17. The molecule has 0 saturated carbocycles. The first kappa shape index (κ1) is 23.2. The molecule has 0 radical (unpaired) electrons. The predicted octanol–water partition coefficient (Wildman–Crippen LogP) is 3.50. The molecule has 0 unspecified atom stereocenters. The molecule has 0 bridgehead atoms. The van der Waals surface area contributed by atoms with Crippen LogP contribution in [0.1, 0.15) is 45.6 Å². The van der Waals surface area contributed by atoms with E-state index >= 15 is 0 Å². The van der Waals surface area contributed by atoms with E-state index in [2.05, 4.69) is 5.32 Å². The summed E-state index contributed by atoms with van der Waals surface area (Å²) < 4.78 is 10.7. The molecule has 3 amide bonds. The van der Waals surface area contributed by atoms with Crippen LogP contribution in [0.3, 0.4) is 0 Å². The first-order valence-corrected chi connectivity index (χ1v) is 10.8. The molecule has 29 heavy (non-hydrogen) atoms. The Morgan fingerprint density at radius 1 is 1.24 bits per heavy atom. The van der Waals surface area contributed by atoms with Crippen molar-refractivity contribution in [1.82, 2.24) is 15.1 Å². The number of carbonyl (C=O) groups is 2. The molecule has 1 fully saturated rings. The number of ether oxygens (including phenoxy) is 2. The molecule has 1 aliphatic rings. The molecule has 0 aromatic heterocycles. The molecule has 2 rings (SSSR count). The standard InChI is InChI=1S/C21H33N3O4S/c1-8-23(20(26)22-21(3,4)5)11-12-24-18(25)14(2)29-19(24)15-9-10-16(27-6)17(13-15)28-7/h9-10,13-14,19H,8,11-12H2,1-7H3,(H,22,26)/t14-,19+/m0/s1. The zero-order chi connectivity index (χ0) is 21.8. The van der Waals surface area contributed by atoms with Gasteiger partial charge in [-0.2, -0.15) is 0 Å². The van der Waals surface area contributed by atoms with Crippen LogP contribution in [0.15, 0.2) is 18.2 Å². The number of nitrogens with zero attached hydrogens (tertiary/aromatic N) is 2. The number of urea groups is 1. The fourth-order valence-electron chi connectivity index (χ4n) is 3.20. The SMILES string of the molecule is CCN(CCN1C(=O)[C@H](C)S[C@@H]1c1ccc(OC)c(OC)c1)C(=O)NC(C)(C)C. The summed E-state index contributed by atoms with van der Waals surface area (Å²) in [7, 11) is 3.20. The maximum absolute atomic E-state index is 12.8. The lowest BCUT2D eigenvalue weighted by molar-refractivity contribution is -0.130. The first-order valence-electron chi connectivity index (χ1n) is 9.86. The zero-order valence-corrected chi connectivity index (χ0v) is 19.3. The van der Waals surface area contributed by atoms with Crippen LogP contribution in [0, 0.1) is 0 Å². The topological polar surface area (TPSA) is 71.1 Å². The molecule has 1 aromatic rings. The summed E-state index contributed by atoms with van der Waals surface area (Å²) in [6.07, 6.45) is 0. The number of hydrogen-bond acceptors (Lipinski definition) is 5. The number of thioether (sulfide) groups is 1. The highest BCUT2D eigenvalue weighted by molar-refractivity contribution is 8.01. The second kappa shape index (κ2) is 9.61. The Morgan fingerprint density at radius 3 is 2.45 bits per heavy atom. The Morgan fingerprint density at radius 2 is 1.90 bits per heavy atom. The number of amides is 3. The molecule has 162 valence electrons. The summed E-state index contributed by atoms with van der Waals surface area (Å²) in [6, 6.07) is 5.62. The van der Waals surface area contributed by atoms with Crippen molar-refractivity contribution in [2.45, 2.75) is 50.8 Å². The normalized spacial score (nSPS) is 19.3. The number of hydrogen-bond donors (Lipinski definition) is 1. The largest absolute Gasteiger partial charge is 0.493 e. The first-order chi connectivity index (χ1) is 13.6. The maximum atomic E-state index is 12.8. The van der Waals surface area contributed by atoms with E-state index in [4.69, 9.17) is 9.47 Å². The van der Waals surface area contributed by atoms with Crippen molar-refractivity contribution in [3.8, 4) is 11.5 Å². The van der Waals surface area contributed by atoms with Crippen molar-refractivity contribution < 1.29 is 19.1 Å². The highest BCUT2D eigenvalue weighted by Crippen LogP contribution is 2.44. The van der Waals surface area contributed by atoms with Gasteiger partial charge in [-0.3, -0.25) is 4.79 Å². The smallest absolute Gasteiger partial charge is 0.317 e. The average Bonchev–Trinajstić information content (AvgIpc) is 2.94. The van der Waals surface area contributed by atoms with Crippen LogP contribution >= 0.6 is 11.8 Å². The molecule has 1 N–H and O–H groups in total. The monoisotopic (exact) mass is 423 g/mol.